The highest BCUT2D eigenvalue weighted by Crippen LogP contribution is 2.20. The monoisotopic (exact) mass is 351 g/mol. The number of likely N-dealkylation sites (tertiary alicyclic amines) is 1. The molecular formula is C18H33N5O2. The molecule has 0 bridgehead atoms. The summed E-state index contributed by atoms with van der Waals surface area (Å²) in [6.07, 6.45) is 2.33. The third kappa shape index (κ3) is 6.66. The highest BCUT2D eigenvalue weighted by atomic mass is 16.5. The number of oxazole rings is 1. The van der Waals surface area contributed by atoms with Crippen LogP contribution in [-0.2, 0) is 11.3 Å². The van der Waals surface area contributed by atoms with Crippen LogP contribution in [-0.4, -0.2) is 62.3 Å². The first-order valence-corrected chi connectivity index (χ1v) is 9.28. The predicted octanol–water partition coefficient (Wildman–Crippen LogP) is 1.70. The van der Waals surface area contributed by atoms with Gasteiger partial charge in [0.2, 0.25) is 5.89 Å². The number of rotatable bonds is 8. The molecule has 2 rings (SSSR count). The Labute approximate surface area is 151 Å². The van der Waals surface area contributed by atoms with E-state index in [2.05, 4.69) is 27.4 Å². The topological polar surface area (TPSA) is 74.9 Å². The van der Waals surface area contributed by atoms with Crippen molar-refractivity contribution in [3.8, 4) is 0 Å². The van der Waals surface area contributed by atoms with Crippen molar-refractivity contribution in [2.24, 2.45) is 10.9 Å². The molecule has 142 valence electrons. The maximum atomic E-state index is 5.70. The highest BCUT2D eigenvalue weighted by molar-refractivity contribution is 5.79. The number of aryl methyl sites for hydroxylation is 2. The van der Waals surface area contributed by atoms with Gasteiger partial charge in [-0.15, -0.1) is 0 Å². The zero-order valence-electron chi connectivity index (χ0n) is 16.1. The van der Waals surface area contributed by atoms with E-state index in [0.717, 1.165) is 62.6 Å². The maximum absolute atomic E-state index is 5.70. The van der Waals surface area contributed by atoms with Gasteiger partial charge in [0, 0.05) is 26.7 Å². The summed E-state index contributed by atoms with van der Waals surface area (Å²) in [7, 11) is 1.71. The first kappa shape index (κ1) is 19.7. The molecule has 7 heteroatoms. The van der Waals surface area contributed by atoms with Gasteiger partial charge >= 0.3 is 0 Å². The van der Waals surface area contributed by atoms with Crippen LogP contribution in [0.1, 0.15) is 37.1 Å². The minimum absolute atomic E-state index is 0.641. The van der Waals surface area contributed by atoms with E-state index < -0.39 is 0 Å². The minimum atomic E-state index is 0.641. The summed E-state index contributed by atoms with van der Waals surface area (Å²) in [6.45, 7) is 12.2. The molecule has 0 amide bonds. The summed E-state index contributed by atoms with van der Waals surface area (Å²) in [4.78, 5) is 11.6. The number of guanidine groups is 1. The molecule has 0 unspecified atom stereocenters. The fraction of sp³-hybridized carbons (Fsp3) is 0.778. The van der Waals surface area contributed by atoms with Crippen LogP contribution in [0.4, 0.5) is 0 Å². The molecule has 1 fully saturated rings. The Bertz CT molecular complexity index is 516. The van der Waals surface area contributed by atoms with Crippen molar-refractivity contribution in [1.29, 1.82) is 0 Å². The van der Waals surface area contributed by atoms with Gasteiger partial charge in [-0.2, -0.15) is 0 Å². The molecule has 1 aliphatic heterocycles. The molecule has 7 nitrogen and oxygen atoms in total. The summed E-state index contributed by atoms with van der Waals surface area (Å²) < 4.78 is 10.8. The quantitative estimate of drug-likeness (QED) is 0.422. The second-order valence-corrected chi connectivity index (χ2v) is 6.61. The Kier molecular flexibility index (Phi) is 8.21. The number of hydrogen-bond acceptors (Lipinski definition) is 5. The van der Waals surface area contributed by atoms with Gasteiger partial charge in [0.05, 0.1) is 18.8 Å². The van der Waals surface area contributed by atoms with Crippen LogP contribution < -0.4 is 10.6 Å². The molecule has 2 N–H and O–H groups in total. The zero-order chi connectivity index (χ0) is 18.1. The Balaban J connectivity index is 1.73. The van der Waals surface area contributed by atoms with E-state index in [-0.39, 0.29) is 0 Å². The molecule has 0 spiro atoms. The third-order valence-corrected chi connectivity index (χ3v) is 4.59. The SMILES string of the molecule is CCNC(=NCC1CCN(Cc2nc(C)c(C)o2)CC1)NCCOC. The second-order valence-electron chi connectivity index (χ2n) is 6.61. The zero-order valence-corrected chi connectivity index (χ0v) is 16.1. The van der Waals surface area contributed by atoms with Gasteiger partial charge in [-0.25, -0.2) is 4.98 Å². The Morgan fingerprint density at radius 3 is 2.68 bits per heavy atom. The average Bonchev–Trinajstić information content (AvgIpc) is 2.91. The van der Waals surface area contributed by atoms with Gasteiger partial charge in [0.15, 0.2) is 5.96 Å². The molecule has 0 atom stereocenters. The van der Waals surface area contributed by atoms with Crippen molar-refractivity contribution >= 4 is 5.96 Å². The van der Waals surface area contributed by atoms with Gasteiger partial charge < -0.3 is 19.8 Å². The molecule has 0 radical (unpaired) electrons. The fourth-order valence-corrected chi connectivity index (χ4v) is 2.96. The lowest BCUT2D eigenvalue weighted by Gasteiger charge is -2.30. The lowest BCUT2D eigenvalue weighted by molar-refractivity contribution is 0.166. The highest BCUT2D eigenvalue weighted by Gasteiger charge is 2.20. The van der Waals surface area contributed by atoms with Gasteiger partial charge in [0.25, 0.3) is 0 Å². The predicted molar refractivity (Wildman–Crippen MR) is 99.8 cm³/mol. The van der Waals surface area contributed by atoms with E-state index in [1.807, 2.05) is 13.8 Å². The summed E-state index contributed by atoms with van der Waals surface area (Å²) in [6, 6.07) is 0. The summed E-state index contributed by atoms with van der Waals surface area (Å²) in [5.41, 5.74) is 0.996. The Morgan fingerprint density at radius 1 is 1.32 bits per heavy atom. The van der Waals surface area contributed by atoms with E-state index >= 15 is 0 Å². The summed E-state index contributed by atoms with van der Waals surface area (Å²) >= 11 is 0. The molecule has 1 aromatic heterocycles. The molecule has 1 saturated heterocycles. The number of methoxy groups -OCH3 is 1. The number of piperidine rings is 1. The van der Waals surface area contributed by atoms with Gasteiger partial charge in [-0.3, -0.25) is 9.89 Å². The normalized spacial score (nSPS) is 17.0. The Morgan fingerprint density at radius 2 is 2.08 bits per heavy atom. The minimum Gasteiger partial charge on any atom is -0.444 e. The van der Waals surface area contributed by atoms with Crippen LogP contribution in [0.5, 0.6) is 0 Å². The van der Waals surface area contributed by atoms with Gasteiger partial charge in [-0.1, -0.05) is 0 Å². The van der Waals surface area contributed by atoms with E-state index in [9.17, 15) is 0 Å². The second kappa shape index (κ2) is 10.4. The lowest BCUT2D eigenvalue weighted by Crippen LogP contribution is -2.40. The van der Waals surface area contributed by atoms with Crippen molar-refractivity contribution in [3.05, 3.63) is 17.3 Å². The van der Waals surface area contributed by atoms with Gasteiger partial charge in [0.1, 0.15) is 5.76 Å². The van der Waals surface area contributed by atoms with Crippen molar-refractivity contribution < 1.29 is 9.15 Å². The number of aliphatic imine (C=N–C) groups is 1. The lowest BCUT2D eigenvalue weighted by atomic mass is 9.97. The number of aromatic nitrogens is 1. The van der Waals surface area contributed by atoms with E-state index in [1.54, 1.807) is 7.11 Å². The molecule has 0 saturated carbocycles. The number of nitrogens with zero attached hydrogens (tertiary/aromatic N) is 3. The Hall–Kier alpha value is -1.60. The fourth-order valence-electron chi connectivity index (χ4n) is 2.96. The average molecular weight is 351 g/mol. The number of hydrogen-bond donors (Lipinski definition) is 2. The first-order valence-electron chi connectivity index (χ1n) is 9.28. The molecule has 1 aliphatic rings. The van der Waals surface area contributed by atoms with E-state index in [4.69, 9.17) is 14.1 Å². The molecule has 0 aliphatic carbocycles. The smallest absolute Gasteiger partial charge is 0.208 e. The largest absolute Gasteiger partial charge is 0.444 e. The van der Waals surface area contributed by atoms with Crippen molar-refractivity contribution in [3.63, 3.8) is 0 Å². The molecular weight excluding hydrogens is 318 g/mol. The number of nitrogens with one attached hydrogen (secondary N) is 2. The molecule has 0 aromatic carbocycles. The number of ether oxygens (including phenoxy) is 1. The van der Waals surface area contributed by atoms with E-state index in [0.29, 0.717) is 12.5 Å². The summed E-state index contributed by atoms with van der Waals surface area (Å²) in [5.74, 6) is 3.29. The molecule has 1 aromatic rings. The van der Waals surface area contributed by atoms with Crippen LogP contribution in [0.15, 0.2) is 9.41 Å². The van der Waals surface area contributed by atoms with Crippen LogP contribution >= 0.6 is 0 Å². The van der Waals surface area contributed by atoms with Crippen molar-refractivity contribution in [1.82, 2.24) is 20.5 Å². The third-order valence-electron chi connectivity index (χ3n) is 4.59. The first-order chi connectivity index (χ1) is 12.1. The van der Waals surface area contributed by atoms with Crippen LogP contribution in [0.25, 0.3) is 0 Å². The van der Waals surface area contributed by atoms with Crippen molar-refractivity contribution in [2.45, 2.75) is 40.2 Å². The van der Waals surface area contributed by atoms with E-state index in [1.165, 1.54) is 12.8 Å². The van der Waals surface area contributed by atoms with Crippen LogP contribution in [0.3, 0.4) is 0 Å². The molecule has 2 heterocycles. The van der Waals surface area contributed by atoms with Gasteiger partial charge in [-0.05, 0) is 52.6 Å². The van der Waals surface area contributed by atoms with Crippen molar-refractivity contribution in [2.75, 3.05) is 46.4 Å². The summed E-state index contributed by atoms with van der Waals surface area (Å²) in [5, 5.41) is 6.58. The van der Waals surface area contributed by atoms with Crippen LogP contribution in [0.2, 0.25) is 0 Å². The maximum Gasteiger partial charge on any atom is 0.208 e. The van der Waals surface area contributed by atoms with Crippen LogP contribution in [0, 0.1) is 19.8 Å². The standard InChI is InChI=1S/C18H33N5O2/c1-5-19-18(20-8-11-24-4)21-12-16-6-9-23(10-7-16)13-17-22-14(2)15(3)25-17/h16H,5-13H2,1-4H3,(H2,19,20,21). The molecule has 25 heavy (non-hydrogen) atoms.